The van der Waals surface area contributed by atoms with Crippen LogP contribution >= 0.6 is 0 Å². The summed E-state index contributed by atoms with van der Waals surface area (Å²) in [5.41, 5.74) is 0. The van der Waals surface area contributed by atoms with Crippen LogP contribution in [-0.2, 0) is 14.4 Å². The fourth-order valence-corrected chi connectivity index (χ4v) is 3.81. The summed E-state index contributed by atoms with van der Waals surface area (Å²) in [4.78, 5) is 37.9. The van der Waals surface area contributed by atoms with Crippen molar-refractivity contribution in [3.8, 4) is 0 Å². The molecule has 4 aliphatic rings. The summed E-state index contributed by atoms with van der Waals surface area (Å²) in [6, 6.07) is -0.713. The molecular formula is C14H18N2O3. The molecule has 3 aliphatic carbocycles. The fourth-order valence-electron chi connectivity index (χ4n) is 3.81. The highest BCUT2D eigenvalue weighted by molar-refractivity contribution is 6.08. The Labute approximate surface area is 112 Å². The van der Waals surface area contributed by atoms with E-state index in [4.69, 9.17) is 0 Å². The molecule has 4 rings (SSSR count). The van der Waals surface area contributed by atoms with Gasteiger partial charge < -0.3 is 5.32 Å². The lowest BCUT2D eigenvalue weighted by molar-refractivity contribution is -0.147. The third kappa shape index (κ3) is 1.57. The molecule has 1 aliphatic heterocycles. The minimum atomic E-state index is -0.713. The molecule has 0 spiro atoms. The molecule has 0 radical (unpaired) electrons. The smallest absolute Gasteiger partial charge is 0.242 e. The number of hydrogen-bond donors (Lipinski definition) is 1. The first-order chi connectivity index (χ1) is 9.06. The van der Waals surface area contributed by atoms with Crippen molar-refractivity contribution in [2.75, 3.05) is 7.05 Å². The number of fused-ring (bicyclic) bond motifs is 1. The Kier molecular flexibility index (Phi) is 2.73. The third-order valence-electron chi connectivity index (χ3n) is 4.81. The van der Waals surface area contributed by atoms with Crippen LogP contribution in [0.2, 0.25) is 0 Å². The van der Waals surface area contributed by atoms with E-state index in [2.05, 4.69) is 17.5 Å². The second kappa shape index (κ2) is 4.18. The van der Waals surface area contributed by atoms with Gasteiger partial charge in [0.25, 0.3) is 0 Å². The Balaban J connectivity index is 1.93. The van der Waals surface area contributed by atoms with Crippen LogP contribution < -0.4 is 5.32 Å². The number of carbonyl (C=O) groups excluding carboxylic acids is 3. The van der Waals surface area contributed by atoms with E-state index in [1.54, 1.807) is 6.92 Å². The number of imide groups is 1. The normalized spacial score (nSPS) is 37.5. The molecule has 1 saturated heterocycles. The summed E-state index contributed by atoms with van der Waals surface area (Å²) >= 11 is 0. The maximum atomic E-state index is 12.5. The van der Waals surface area contributed by atoms with E-state index in [0.29, 0.717) is 0 Å². The van der Waals surface area contributed by atoms with Gasteiger partial charge in [0, 0.05) is 7.05 Å². The Morgan fingerprint density at radius 2 is 1.68 bits per heavy atom. The summed E-state index contributed by atoms with van der Waals surface area (Å²) in [6.07, 6.45) is 6.11. The van der Waals surface area contributed by atoms with Gasteiger partial charge >= 0.3 is 0 Å². The maximum Gasteiger partial charge on any atom is 0.242 e. The van der Waals surface area contributed by atoms with Crippen molar-refractivity contribution >= 4 is 17.7 Å². The zero-order chi connectivity index (χ0) is 13.7. The van der Waals surface area contributed by atoms with E-state index in [0.717, 1.165) is 12.8 Å². The van der Waals surface area contributed by atoms with Crippen LogP contribution in [0.4, 0.5) is 0 Å². The molecule has 0 aromatic heterocycles. The van der Waals surface area contributed by atoms with Crippen molar-refractivity contribution in [1.82, 2.24) is 10.2 Å². The summed E-state index contributed by atoms with van der Waals surface area (Å²) in [5.74, 6) is -0.732. The summed E-state index contributed by atoms with van der Waals surface area (Å²) < 4.78 is 0. The molecule has 102 valence electrons. The first kappa shape index (κ1) is 12.4. The van der Waals surface area contributed by atoms with Gasteiger partial charge in [-0.2, -0.15) is 0 Å². The molecule has 2 bridgehead atoms. The van der Waals surface area contributed by atoms with Gasteiger partial charge in [0.2, 0.25) is 17.7 Å². The molecule has 2 fully saturated rings. The lowest BCUT2D eigenvalue weighted by Crippen LogP contribution is -2.47. The molecule has 5 atom stereocenters. The van der Waals surface area contributed by atoms with Crippen molar-refractivity contribution in [2.45, 2.75) is 25.8 Å². The number of carbonyl (C=O) groups is 3. The maximum absolute atomic E-state index is 12.5. The number of likely N-dealkylation sites (tertiary alicyclic amines) is 1. The van der Waals surface area contributed by atoms with E-state index >= 15 is 0 Å². The number of nitrogens with one attached hydrogen (secondary N) is 1. The molecule has 5 nitrogen and oxygen atoms in total. The standard InChI is InChI=1S/C14H18N2O3/c1-7(12(17)15-2)16-13(18)10-8-3-4-9(6-5-8)11(10)14(16)19/h3-4,7-11H,5-6H2,1-2H3,(H,15,17). The van der Waals surface area contributed by atoms with E-state index in [9.17, 15) is 14.4 Å². The van der Waals surface area contributed by atoms with E-state index in [-0.39, 0.29) is 41.4 Å². The van der Waals surface area contributed by atoms with Crippen molar-refractivity contribution in [2.24, 2.45) is 23.7 Å². The van der Waals surface area contributed by atoms with Gasteiger partial charge in [0.1, 0.15) is 6.04 Å². The second-order valence-corrected chi connectivity index (χ2v) is 5.68. The summed E-state index contributed by atoms with van der Waals surface area (Å²) in [5, 5.41) is 2.50. The van der Waals surface area contributed by atoms with Gasteiger partial charge in [0.15, 0.2) is 0 Å². The number of amides is 3. The summed E-state index contributed by atoms with van der Waals surface area (Å²) in [7, 11) is 1.52. The quantitative estimate of drug-likeness (QED) is 0.575. The zero-order valence-electron chi connectivity index (χ0n) is 11.1. The van der Waals surface area contributed by atoms with Crippen LogP contribution in [0.25, 0.3) is 0 Å². The largest absolute Gasteiger partial charge is 0.357 e. The lowest BCUT2D eigenvalue weighted by Gasteiger charge is -2.38. The Hall–Kier alpha value is -1.65. The SMILES string of the molecule is CNC(=O)C(C)N1C(=O)C2C3C=CC(CC3)C2C1=O. The number of likely N-dealkylation sites (N-methyl/N-ethyl adjacent to an activating group) is 1. The van der Waals surface area contributed by atoms with E-state index < -0.39 is 6.04 Å². The molecule has 1 N–H and O–H groups in total. The fraction of sp³-hybridized carbons (Fsp3) is 0.643. The number of rotatable bonds is 2. The monoisotopic (exact) mass is 262 g/mol. The molecule has 1 heterocycles. The van der Waals surface area contributed by atoms with Crippen molar-refractivity contribution in [1.29, 1.82) is 0 Å². The molecule has 5 unspecified atom stereocenters. The Morgan fingerprint density at radius 3 is 2.05 bits per heavy atom. The predicted octanol–water partition coefficient (Wildman–Crippen LogP) is 0.318. The molecule has 0 aromatic carbocycles. The van der Waals surface area contributed by atoms with Crippen molar-refractivity contribution < 1.29 is 14.4 Å². The molecule has 1 saturated carbocycles. The average Bonchev–Trinajstić information content (AvgIpc) is 2.73. The molecule has 3 amide bonds. The lowest BCUT2D eigenvalue weighted by atomic mass is 9.63. The number of nitrogens with zero attached hydrogens (tertiary/aromatic N) is 1. The van der Waals surface area contributed by atoms with Gasteiger partial charge in [-0.15, -0.1) is 0 Å². The predicted molar refractivity (Wildman–Crippen MR) is 67.7 cm³/mol. The molecule has 0 aromatic rings. The van der Waals surface area contributed by atoms with Crippen LogP contribution in [0.3, 0.4) is 0 Å². The van der Waals surface area contributed by atoms with Gasteiger partial charge in [-0.3, -0.25) is 19.3 Å². The van der Waals surface area contributed by atoms with Gasteiger partial charge in [0.05, 0.1) is 11.8 Å². The summed E-state index contributed by atoms with van der Waals surface area (Å²) in [6.45, 7) is 1.61. The van der Waals surface area contributed by atoms with Crippen LogP contribution in [0.1, 0.15) is 19.8 Å². The first-order valence-corrected chi connectivity index (χ1v) is 6.83. The van der Waals surface area contributed by atoms with E-state index in [1.807, 2.05) is 0 Å². The molecule has 5 heteroatoms. The minimum Gasteiger partial charge on any atom is -0.357 e. The van der Waals surface area contributed by atoms with Crippen LogP contribution in [0.5, 0.6) is 0 Å². The van der Waals surface area contributed by atoms with Crippen molar-refractivity contribution in [3.63, 3.8) is 0 Å². The molecule has 19 heavy (non-hydrogen) atoms. The molecular weight excluding hydrogens is 244 g/mol. The number of hydrogen-bond acceptors (Lipinski definition) is 3. The highest BCUT2D eigenvalue weighted by Gasteiger charge is 2.57. The van der Waals surface area contributed by atoms with Gasteiger partial charge in [-0.25, -0.2) is 0 Å². The highest BCUT2D eigenvalue weighted by atomic mass is 16.2. The van der Waals surface area contributed by atoms with Crippen LogP contribution in [0, 0.1) is 23.7 Å². The topological polar surface area (TPSA) is 66.5 Å². The van der Waals surface area contributed by atoms with Gasteiger partial charge in [-0.1, -0.05) is 12.2 Å². The van der Waals surface area contributed by atoms with Gasteiger partial charge in [-0.05, 0) is 31.6 Å². The Morgan fingerprint density at radius 1 is 1.21 bits per heavy atom. The van der Waals surface area contributed by atoms with Crippen LogP contribution in [-0.4, -0.2) is 35.7 Å². The average molecular weight is 262 g/mol. The first-order valence-electron chi connectivity index (χ1n) is 6.83. The van der Waals surface area contributed by atoms with Crippen molar-refractivity contribution in [3.05, 3.63) is 12.2 Å². The second-order valence-electron chi connectivity index (χ2n) is 5.68. The Bertz CT molecular complexity index is 453. The van der Waals surface area contributed by atoms with Crippen LogP contribution in [0.15, 0.2) is 12.2 Å². The highest BCUT2D eigenvalue weighted by Crippen LogP contribution is 2.49. The minimum absolute atomic E-state index is 0.162. The van der Waals surface area contributed by atoms with E-state index in [1.165, 1.54) is 11.9 Å². The zero-order valence-corrected chi connectivity index (χ0v) is 11.1. The number of allylic oxidation sites excluding steroid dienone is 2. The third-order valence-corrected chi connectivity index (χ3v) is 4.81.